The Morgan fingerprint density at radius 3 is 1.62 bits per heavy atom. The highest BCUT2D eigenvalue weighted by molar-refractivity contribution is 5.99. The van der Waals surface area contributed by atoms with Crippen molar-refractivity contribution >= 4 is 35.7 Å². The Kier molecular flexibility index (Phi) is 10.1. The summed E-state index contributed by atoms with van der Waals surface area (Å²) in [6, 6.07) is 10.2. The Labute approximate surface area is 282 Å². The normalized spacial score (nSPS) is 13.7. The van der Waals surface area contributed by atoms with Crippen LogP contribution in [-0.2, 0) is 43.3 Å². The lowest BCUT2D eigenvalue weighted by molar-refractivity contribution is -0.138. The first-order valence-corrected chi connectivity index (χ1v) is 15.3. The lowest BCUT2D eigenvalue weighted by atomic mass is 10.1. The number of hydrogen-bond acceptors (Lipinski definition) is 7. The Morgan fingerprint density at radius 2 is 1.22 bits per heavy atom. The van der Waals surface area contributed by atoms with Gasteiger partial charge >= 0.3 is 24.3 Å². The van der Waals surface area contributed by atoms with Gasteiger partial charge in [-0.2, -0.15) is 36.5 Å². The van der Waals surface area contributed by atoms with E-state index >= 15 is 0 Å². The van der Waals surface area contributed by atoms with Crippen molar-refractivity contribution in [3.05, 3.63) is 106 Å². The van der Waals surface area contributed by atoms with Crippen LogP contribution in [0.2, 0.25) is 0 Å². The van der Waals surface area contributed by atoms with Gasteiger partial charge in [-0.3, -0.25) is 0 Å². The van der Waals surface area contributed by atoms with Crippen LogP contribution in [0.4, 0.5) is 38.0 Å². The summed E-state index contributed by atoms with van der Waals surface area (Å²) >= 11 is 0. The molecule has 10 nitrogen and oxygen atoms in total. The van der Waals surface area contributed by atoms with Gasteiger partial charge in [0.15, 0.2) is 0 Å². The van der Waals surface area contributed by atoms with Gasteiger partial charge in [0, 0.05) is 26.2 Å². The Bertz CT molecular complexity index is 1930. The van der Waals surface area contributed by atoms with Crippen molar-refractivity contribution < 1.29 is 45.8 Å². The van der Waals surface area contributed by atoms with Crippen LogP contribution < -0.4 is 9.80 Å². The van der Waals surface area contributed by atoms with Crippen LogP contribution >= 0.6 is 0 Å². The van der Waals surface area contributed by atoms with Gasteiger partial charge in [-0.05, 0) is 54.5 Å². The fraction of sp³-hybridized carbons (Fsp3) is 0.294. The van der Waals surface area contributed by atoms with E-state index in [4.69, 9.17) is 4.74 Å². The first-order chi connectivity index (χ1) is 23.7. The topological polar surface area (TPSA) is 106 Å². The van der Waals surface area contributed by atoms with Crippen molar-refractivity contribution in [1.82, 2.24) is 19.6 Å². The van der Waals surface area contributed by atoms with Crippen LogP contribution in [0.1, 0.15) is 61.3 Å². The maximum Gasteiger partial charge on any atom is 0.416 e. The third-order valence-electron chi connectivity index (χ3n) is 8.00. The lowest BCUT2D eigenvalue weighted by Crippen LogP contribution is -2.22. The summed E-state index contributed by atoms with van der Waals surface area (Å²) in [4.78, 5) is 27.4. The zero-order valence-corrected chi connectivity index (χ0v) is 26.8. The van der Waals surface area contributed by atoms with E-state index in [0.717, 1.165) is 24.3 Å². The fourth-order valence-electron chi connectivity index (χ4n) is 5.87. The van der Waals surface area contributed by atoms with Crippen molar-refractivity contribution in [2.75, 3.05) is 29.5 Å². The molecule has 264 valence electrons. The van der Waals surface area contributed by atoms with E-state index in [9.17, 15) is 41.0 Å². The second-order valence-corrected chi connectivity index (χ2v) is 11.3. The van der Waals surface area contributed by atoms with Gasteiger partial charge in [-0.25, -0.2) is 19.0 Å². The smallest absolute Gasteiger partial charge is 0.416 e. The highest BCUT2D eigenvalue weighted by atomic mass is 19.4. The number of carbonyl (C=O) groups excluding carboxylic acids is 1. The van der Waals surface area contributed by atoms with Crippen molar-refractivity contribution in [2.45, 2.75) is 45.5 Å². The van der Waals surface area contributed by atoms with E-state index < -0.39 is 35.4 Å². The zero-order chi connectivity index (χ0) is 36.4. The predicted molar refractivity (Wildman–Crippen MR) is 173 cm³/mol. The number of halogens is 6. The number of carboxylic acid groups (broad SMARTS) is 1. The molecule has 0 spiro atoms. The summed E-state index contributed by atoms with van der Waals surface area (Å²) in [5.41, 5.74) is 0.526. The summed E-state index contributed by atoms with van der Waals surface area (Å²) in [7, 11) is 0. The predicted octanol–water partition coefficient (Wildman–Crippen LogP) is 7.01. The monoisotopic (exact) mass is 702 g/mol. The number of aromatic carboxylic acids is 1. The van der Waals surface area contributed by atoms with E-state index in [1.165, 1.54) is 24.3 Å². The molecule has 0 saturated carbocycles. The van der Waals surface area contributed by atoms with Gasteiger partial charge in [-0.15, -0.1) is 0 Å². The summed E-state index contributed by atoms with van der Waals surface area (Å²) in [6.07, 6.45) is -5.98. The van der Waals surface area contributed by atoms with Gasteiger partial charge in [-0.1, -0.05) is 37.4 Å². The lowest BCUT2D eigenvalue weighted by Gasteiger charge is -2.19. The molecule has 0 saturated heterocycles. The molecule has 2 aliphatic heterocycles. The average Bonchev–Trinajstić information content (AvgIpc) is 3.82. The van der Waals surface area contributed by atoms with E-state index in [0.29, 0.717) is 60.2 Å². The molecule has 4 aromatic rings. The maximum atomic E-state index is 12.9. The number of aromatic nitrogens is 4. The molecular weight excluding hydrogens is 670 g/mol. The summed E-state index contributed by atoms with van der Waals surface area (Å²) in [5, 5.41) is 17.9. The number of alkyl halides is 6. The zero-order valence-electron chi connectivity index (χ0n) is 26.8. The number of rotatable bonds is 9. The van der Waals surface area contributed by atoms with Gasteiger partial charge in [0.2, 0.25) is 0 Å². The van der Waals surface area contributed by atoms with Gasteiger partial charge in [0.25, 0.3) is 0 Å². The number of esters is 1. The van der Waals surface area contributed by atoms with E-state index in [2.05, 4.69) is 23.4 Å². The Morgan fingerprint density at radius 1 is 0.780 bits per heavy atom. The average molecular weight is 703 g/mol. The second-order valence-electron chi connectivity index (χ2n) is 11.3. The minimum absolute atomic E-state index is 0.0227. The van der Waals surface area contributed by atoms with E-state index in [-0.39, 0.29) is 31.0 Å². The Hall–Kier alpha value is -5.54. The Balaban J connectivity index is 0.000000195. The quantitative estimate of drug-likeness (QED) is 0.147. The van der Waals surface area contributed by atoms with E-state index in [1.807, 2.05) is 4.90 Å². The molecule has 4 heterocycles. The molecule has 6 rings (SSSR count). The van der Waals surface area contributed by atoms with Crippen LogP contribution in [-0.4, -0.2) is 56.3 Å². The number of anilines is 2. The molecule has 1 N–H and O–H groups in total. The molecular formula is C34H32F6N6O4. The summed E-state index contributed by atoms with van der Waals surface area (Å²) < 4.78 is 85.6. The minimum atomic E-state index is -4.41. The van der Waals surface area contributed by atoms with Crippen molar-refractivity contribution in [3.8, 4) is 0 Å². The minimum Gasteiger partial charge on any atom is -0.477 e. The molecule has 16 heteroatoms. The third kappa shape index (κ3) is 7.38. The van der Waals surface area contributed by atoms with Crippen LogP contribution in [0.25, 0.3) is 12.2 Å². The van der Waals surface area contributed by atoms with Gasteiger partial charge in [0.05, 0.1) is 30.8 Å². The second kappa shape index (κ2) is 14.1. The summed E-state index contributed by atoms with van der Waals surface area (Å²) in [5.74, 6) is -0.702. The number of carboxylic acids is 1. The number of nitrogens with zero attached hydrogens (tertiary/aromatic N) is 6. The molecule has 2 aliphatic rings. The molecule has 2 aromatic heterocycles. The molecule has 0 unspecified atom stereocenters. The van der Waals surface area contributed by atoms with Crippen LogP contribution in [0.15, 0.2) is 61.7 Å². The molecule has 2 aromatic carbocycles. The van der Waals surface area contributed by atoms with Crippen LogP contribution in [0.3, 0.4) is 0 Å². The molecule has 0 radical (unpaired) electrons. The standard InChI is InChI=1S/C18H18F3N3O2.C16H14F3N3O2/c1-3-14-15(17(25)26-4-2)16-23(8-9-24(16)22-14)11-12-6-5-7-13(10-12)18(19,20)21;1-2-12-13(15(23)24)14-21(6-7-22(14)20-12)9-10-4-3-5-11(8-10)16(17,18)19/h3,5-7,10H,1,4,8-9,11H2,2H3;2-5,8H,1,6-7,9H2,(H,23,24). The number of fused-ring (bicyclic) bond motifs is 2. The molecule has 0 amide bonds. The van der Waals surface area contributed by atoms with Crippen molar-refractivity contribution in [3.63, 3.8) is 0 Å². The highest BCUT2D eigenvalue weighted by Gasteiger charge is 2.34. The van der Waals surface area contributed by atoms with Crippen LogP contribution in [0, 0.1) is 0 Å². The largest absolute Gasteiger partial charge is 0.477 e. The first kappa shape index (κ1) is 35.8. The van der Waals surface area contributed by atoms with Crippen molar-refractivity contribution in [1.29, 1.82) is 0 Å². The van der Waals surface area contributed by atoms with Gasteiger partial charge in [0.1, 0.15) is 34.2 Å². The molecule has 0 aliphatic carbocycles. The number of hydrogen-bond donors (Lipinski definition) is 1. The highest BCUT2D eigenvalue weighted by Crippen LogP contribution is 2.35. The first-order valence-electron chi connectivity index (χ1n) is 15.3. The number of carbonyl (C=O) groups is 2. The molecule has 0 bridgehead atoms. The number of benzene rings is 2. The van der Waals surface area contributed by atoms with Gasteiger partial charge < -0.3 is 19.6 Å². The third-order valence-corrected chi connectivity index (χ3v) is 8.00. The number of ether oxygens (including phenoxy) is 1. The molecule has 0 atom stereocenters. The molecule has 50 heavy (non-hydrogen) atoms. The SMILES string of the molecule is C=Cc1nn2c(c1C(=O)O)N(Cc1cccc(C(F)(F)F)c1)CC2.C=Cc1nn2c(c1C(=O)OCC)N(Cc1cccc(C(F)(F)F)c1)CC2. The van der Waals surface area contributed by atoms with Crippen LogP contribution in [0.5, 0.6) is 0 Å². The molecule has 0 fully saturated rings. The van der Waals surface area contributed by atoms with E-state index in [1.54, 1.807) is 33.3 Å². The maximum absolute atomic E-state index is 12.9. The summed E-state index contributed by atoms with van der Waals surface area (Å²) in [6.45, 7) is 11.6. The fourth-order valence-corrected chi connectivity index (χ4v) is 5.87. The van der Waals surface area contributed by atoms with Crippen molar-refractivity contribution in [2.24, 2.45) is 0 Å².